The van der Waals surface area contributed by atoms with Crippen LogP contribution in [0.3, 0.4) is 0 Å². The number of fused-ring (bicyclic) bond motifs is 5. The SMILES string of the molecule is CC[C@@H]1C2C[C@H](O)CCC2(C)[C@H]2CCC3(C)C([C@H](C)CCC(=O)O)CC[C@H]3[C@]2(C)[C@@H]1O. The van der Waals surface area contributed by atoms with Gasteiger partial charge in [-0.1, -0.05) is 41.0 Å². The van der Waals surface area contributed by atoms with E-state index in [1.54, 1.807) is 0 Å². The second kappa shape index (κ2) is 8.01. The Bertz CT molecular complexity index is 693. The van der Waals surface area contributed by atoms with E-state index < -0.39 is 5.97 Å². The van der Waals surface area contributed by atoms with E-state index in [-0.39, 0.29) is 40.8 Å². The molecule has 4 nitrogen and oxygen atoms in total. The zero-order chi connectivity index (χ0) is 22.8. The van der Waals surface area contributed by atoms with Crippen LogP contribution in [0.4, 0.5) is 0 Å². The highest BCUT2D eigenvalue weighted by atomic mass is 16.4. The van der Waals surface area contributed by atoms with Gasteiger partial charge in [0.1, 0.15) is 0 Å². The Labute approximate surface area is 189 Å². The van der Waals surface area contributed by atoms with E-state index in [0.29, 0.717) is 29.6 Å². The standard InChI is InChI=1S/C27H46O4/c1-6-18-20-15-17(28)11-13-26(20,4)22-12-14-25(3)19(16(2)7-10-23(29)30)8-9-21(25)27(22,5)24(18)31/h16-22,24,28,31H,6-15H2,1-5H3,(H,29,30)/t16-,17-,18-,19?,20?,21-,22-,24-,25?,26?,27+/m1/s1. The van der Waals surface area contributed by atoms with Crippen LogP contribution in [0, 0.1) is 51.8 Å². The predicted octanol–water partition coefficient (Wildman–Crippen LogP) is 5.50. The molecule has 4 heteroatoms. The molecule has 178 valence electrons. The molecular weight excluding hydrogens is 388 g/mol. The van der Waals surface area contributed by atoms with Crippen molar-refractivity contribution < 1.29 is 20.1 Å². The van der Waals surface area contributed by atoms with Crippen molar-refractivity contribution >= 4 is 5.97 Å². The molecule has 0 amide bonds. The van der Waals surface area contributed by atoms with Crippen LogP contribution >= 0.6 is 0 Å². The molecule has 0 aromatic heterocycles. The Morgan fingerprint density at radius 2 is 1.65 bits per heavy atom. The molecule has 4 fully saturated rings. The molecule has 0 radical (unpaired) electrons. The van der Waals surface area contributed by atoms with Gasteiger partial charge in [-0.25, -0.2) is 0 Å². The fourth-order valence-electron chi connectivity index (χ4n) is 10.2. The lowest BCUT2D eigenvalue weighted by atomic mass is 9.36. The number of hydrogen-bond donors (Lipinski definition) is 3. The second-order valence-electron chi connectivity index (χ2n) is 12.7. The first-order valence-electron chi connectivity index (χ1n) is 13.1. The van der Waals surface area contributed by atoms with E-state index in [4.69, 9.17) is 0 Å². The van der Waals surface area contributed by atoms with Crippen LogP contribution in [0.15, 0.2) is 0 Å². The van der Waals surface area contributed by atoms with Crippen molar-refractivity contribution in [2.24, 2.45) is 51.8 Å². The molecule has 11 atom stereocenters. The first-order chi connectivity index (χ1) is 14.5. The maximum Gasteiger partial charge on any atom is 0.303 e. The quantitative estimate of drug-likeness (QED) is 0.533. The maximum atomic E-state index is 12.0. The summed E-state index contributed by atoms with van der Waals surface area (Å²) in [5, 5.41) is 31.6. The Hall–Kier alpha value is -0.610. The summed E-state index contributed by atoms with van der Waals surface area (Å²) < 4.78 is 0. The number of carboxylic acid groups (broad SMARTS) is 1. The molecule has 4 aliphatic rings. The zero-order valence-corrected chi connectivity index (χ0v) is 20.4. The largest absolute Gasteiger partial charge is 0.481 e. The normalized spacial score (nSPS) is 52.7. The van der Waals surface area contributed by atoms with Crippen LogP contribution in [-0.4, -0.2) is 33.5 Å². The lowest BCUT2D eigenvalue weighted by Crippen LogP contribution is -2.67. The summed E-state index contributed by atoms with van der Waals surface area (Å²) in [5.74, 6) is 2.00. The topological polar surface area (TPSA) is 77.8 Å². The Balaban J connectivity index is 1.68. The van der Waals surface area contributed by atoms with Crippen LogP contribution in [0.2, 0.25) is 0 Å². The number of carboxylic acids is 1. The van der Waals surface area contributed by atoms with Crippen molar-refractivity contribution in [3.05, 3.63) is 0 Å². The van der Waals surface area contributed by atoms with Crippen molar-refractivity contribution in [1.29, 1.82) is 0 Å². The molecule has 4 aliphatic carbocycles. The second-order valence-corrected chi connectivity index (χ2v) is 12.7. The van der Waals surface area contributed by atoms with Gasteiger partial charge in [-0.3, -0.25) is 4.79 Å². The van der Waals surface area contributed by atoms with E-state index >= 15 is 0 Å². The van der Waals surface area contributed by atoms with Crippen LogP contribution < -0.4 is 0 Å². The van der Waals surface area contributed by atoms with Crippen molar-refractivity contribution in [2.75, 3.05) is 0 Å². The van der Waals surface area contributed by atoms with Crippen molar-refractivity contribution in [3.63, 3.8) is 0 Å². The van der Waals surface area contributed by atoms with Crippen LogP contribution in [0.1, 0.15) is 98.8 Å². The van der Waals surface area contributed by atoms with Crippen molar-refractivity contribution in [2.45, 2.75) is 111 Å². The molecule has 0 heterocycles. The summed E-state index contributed by atoms with van der Waals surface area (Å²) >= 11 is 0. The molecule has 0 spiro atoms. The van der Waals surface area contributed by atoms with Crippen molar-refractivity contribution in [1.82, 2.24) is 0 Å². The van der Waals surface area contributed by atoms with Gasteiger partial charge in [-0.05, 0) is 97.7 Å². The van der Waals surface area contributed by atoms with E-state index in [0.717, 1.165) is 32.1 Å². The molecule has 3 N–H and O–H groups in total. The molecule has 0 bridgehead atoms. The molecule has 0 saturated heterocycles. The molecule has 4 unspecified atom stereocenters. The van der Waals surface area contributed by atoms with Gasteiger partial charge in [0.2, 0.25) is 0 Å². The van der Waals surface area contributed by atoms with Crippen LogP contribution in [-0.2, 0) is 4.79 Å². The van der Waals surface area contributed by atoms with Gasteiger partial charge in [0.15, 0.2) is 0 Å². The monoisotopic (exact) mass is 434 g/mol. The van der Waals surface area contributed by atoms with Gasteiger partial charge >= 0.3 is 5.97 Å². The third-order valence-corrected chi connectivity index (χ3v) is 11.6. The average Bonchev–Trinajstić information content (AvgIpc) is 3.07. The fourth-order valence-corrected chi connectivity index (χ4v) is 10.2. The Morgan fingerprint density at radius 3 is 2.29 bits per heavy atom. The fraction of sp³-hybridized carbons (Fsp3) is 0.963. The number of aliphatic hydroxyl groups excluding tert-OH is 2. The lowest BCUT2D eigenvalue weighted by Gasteiger charge is -2.69. The molecule has 4 saturated carbocycles. The van der Waals surface area contributed by atoms with Crippen LogP contribution in [0.5, 0.6) is 0 Å². The molecule has 0 aromatic carbocycles. The molecule has 4 rings (SSSR count). The summed E-state index contributed by atoms with van der Waals surface area (Å²) in [7, 11) is 0. The molecule has 0 aliphatic heterocycles. The van der Waals surface area contributed by atoms with Gasteiger partial charge in [0.05, 0.1) is 12.2 Å². The first-order valence-corrected chi connectivity index (χ1v) is 13.1. The van der Waals surface area contributed by atoms with Gasteiger partial charge in [-0.2, -0.15) is 0 Å². The van der Waals surface area contributed by atoms with Gasteiger partial charge < -0.3 is 15.3 Å². The zero-order valence-electron chi connectivity index (χ0n) is 20.4. The molecular formula is C27H46O4. The number of carbonyl (C=O) groups is 1. The predicted molar refractivity (Wildman–Crippen MR) is 122 cm³/mol. The van der Waals surface area contributed by atoms with E-state index in [1.807, 2.05) is 0 Å². The van der Waals surface area contributed by atoms with Crippen molar-refractivity contribution in [3.8, 4) is 0 Å². The highest BCUT2D eigenvalue weighted by molar-refractivity contribution is 5.66. The summed E-state index contributed by atoms with van der Waals surface area (Å²) in [6.07, 6.45) is 9.07. The lowest BCUT2D eigenvalue weighted by molar-refractivity contribution is -0.250. The smallest absolute Gasteiger partial charge is 0.303 e. The number of aliphatic carboxylic acids is 1. The highest BCUT2D eigenvalue weighted by Crippen LogP contribution is 2.74. The summed E-state index contributed by atoms with van der Waals surface area (Å²) in [6.45, 7) is 11.9. The summed E-state index contributed by atoms with van der Waals surface area (Å²) in [6, 6.07) is 0. The number of aliphatic hydroxyl groups is 2. The molecule has 31 heavy (non-hydrogen) atoms. The van der Waals surface area contributed by atoms with Gasteiger partial charge in [0, 0.05) is 11.8 Å². The third kappa shape index (κ3) is 3.33. The first kappa shape index (κ1) is 23.5. The van der Waals surface area contributed by atoms with E-state index in [9.17, 15) is 20.1 Å². The summed E-state index contributed by atoms with van der Waals surface area (Å²) in [5.41, 5.74) is 0.324. The van der Waals surface area contributed by atoms with Gasteiger partial charge in [0.25, 0.3) is 0 Å². The van der Waals surface area contributed by atoms with Gasteiger partial charge in [-0.15, -0.1) is 0 Å². The minimum Gasteiger partial charge on any atom is -0.481 e. The minimum atomic E-state index is -0.686. The third-order valence-electron chi connectivity index (χ3n) is 11.6. The Morgan fingerprint density at radius 1 is 1.00 bits per heavy atom. The van der Waals surface area contributed by atoms with E-state index in [2.05, 4.69) is 34.6 Å². The van der Waals surface area contributed by atoms with E-state index in [1.165, 1.54) is 25.7 Å². The Kier molecular flexibility index (Phi) is 6.08. The summed E-state index contributed by atoms with van der Waals surface area (Å²) in [4.78, 5) is 11.2. The average molecular weight is 435 g/mol. The minimum absolute atomic E-state index is 0.0809. The van der Waals surface area contributed by atoms with Crippen LogP contribution in [0.25, 0.3) is 0 Å². The highest BCUT2D eigenvalue weighted by Gasteiger charge is 2.69. The number of hydrogen-bond acceptors (Lipinski definition) is 3. The maximum absolute atomic E-state index is 12.0. The molecule has 0 aromatic rings. The number of rotatable bonds is 5.